The van der Waals surface area contributed by atoms with E-state index >= 15 is 0 Å². The van der Waals surface area contributed by atoms with Crippen molar-refractivity contribution < 1.29 is 18.3 Å². The van der Waals surface area contributed by atoms with E-state index in [1.165, 1.54) is 6.20 Å². The van der Waals surface area contributed by atoms with E-state index < -0.39 is 24.7 Å². The Morgan fingerprint density at radius 3 is 2.67 bits per heavy atom. The third-order valence-electron chi connectivity index (χ3n) is 2.18. The molecule has 0 aromatic rings. The summed E-state index contributed by atoms with van der Waals surface area (Å²) < 4.78 is 35.6. The zero-order chi connectivity index (χ0) is 11.5. The molecule has 86 valence electrons. The molecule has 0 saturated heterocycles. The Kier molecular flexibility index (Phi) is 3.87. The number of aliphatic imine (C=N–C) groups is 1. The van der Waals surface area contributed by atoms with Gasteiger partial charge in [-0.05, 0) is 6.42 Å². The van der Waals surface area contributed by atoms with Gasteiger partial charge >= 0.3 is 6.18 Å². The largest absolute Gasteiger partial charge is 0.389 e. The molecule has 0 saturated carbocycles. The fourth-order valence-corrected chi connectivity index (χ4v) is 1.31. The highest BCUT2D eigenvalue weighted by Crippen LogP contribution is 2.23. The number of nitrogens with two attached hydrogens (primary N) is 1. The van der Waals surface area contributed by atoms with Crippen molar-refractivity contribution >= 4 is 5.71 Å². The maximum atomic E-state index is 11.9. The van der Waals surface area contributed by atoms with E-state index in [0.717, 1.165) is 0 Å². The molecule has 1 aliphatic heterocycles. The monoisotopic (exact) mass is 222 g/mol. The van der Waals surface area contributed by atoms with Gasteiger partial charge in [-0.2, -0.15) is 13.2 Å². The summed E-state index contributed by atoms with van der Waals surface area (Å²) in [6.45, 7) is 0. The van der Waals surface area contributed by atoms with Crippen LogP contribution in [-0.2, 0) is 0 Å². The highest BCUT2D eigenvalue weighted by molar-refractivity contribution is 5.92. The maximum Gasteiger partial charge on any atom is 0.389 e. The van der Waals surface area contributed by atoms with Crippen molar-refractivity contribution in [2.45, 2.75) is 37.6 Å². The van der Waals surface area contributed by atoms with Crippen molar-refractivity contribution in [1.82, 2.24) is 0 Å². The van der Waals surface area contributed by atoms with Gasteiger partial charge in [-0.25, -0.2) is 0 Å². The van der Waals surface area contributed by atoms with Gasteiger partial charge in [0.1, 0.15) is 6.10 Å². The molecule has 1 heterocycles. The number of halogens is 3. The number of allylic oxidation sites excluding steroid dienone is 1. The van der Waals surface area contributed by atoms with Crippen LogP contribution in [0.15, 0.2) is 17.3 Å². The van der Waals surface area contributed by atoms with Gasteiger partial charge < -0.3 is 10.8 Å². The van der Waals surface area contributed by atoms with Gasteiger partial charge in [0.05, 0.1) is 5.71 Å². The molecule has 0 aromatic carbocycles. The summed E-state index contributed by atoms with van der Waals surface area (Å²) in [6, 6.07) is -0.912. The summed E-state index contributed by atoms with van der Waals surface area (Å²) >= 11 is 0. The number of rotatable bonds is 4. The van der Waals surface area contributed by atoms with Crippen molar-refractivity contribution in [3.8, 4) is 0 Å². The Hall–Kier alpha value is -0.880. The highest BCUT2D eigenvalue weighted by Gasteiger charge is 2.30. The van der Waals surface area contributed by atoms with E-state index in [1.54, 1.807) is 6.08 Å². The zero-order valence-electron chi connectivity index (χ0n) is 8.04. The lowest BCUT2D eigenvalue weighted by atomic mass is 10.0. The van der Waals surface area contributed by atoms with Crippen LogP contribution in [0.1, 0.15) is 19.3 Å². The average molecular weight is 222 g/mol. The quantitative estimate of drug-likeness (QED) is 0.754. The van der Waals surface area contributed by atoms with Gasteiger partial charge in [0.15, 0.2) is 0 Å². The number of alkyl halides is 3. The molecule has 0 spiro atoms. The second kappa shape index (κ2) is 4.76. The molecule has 0 bridgehead atoms. The second-order valence-electron chi connectivity index (χ2n) is 3.47. The van der Waals surface area contributed by atoms with Crippen LogP contribution in [0.5, 0.6) is 0 Å². The predicted octanol–water partition coefficient (Wildman–Crippen LogP) is 1.38. The summed E-state index contributed by atoms with van der Waals surface area (Å²) in [6.07, 6.45) is -2.89. The molecule has 15 heavy (non-hydrogen) atoms. The molecule has 2 atom stereocenters. The minimum Gasteiger partial charge on any atom is -0.386 e. The molecule has 1 aliphatic rings. The Balaban J connectivity index is 2.37. The van der Waals surface area contributed by atoms with Crippen molar-refractivity contribution in [2.24, 2.45) is 10.7 Å². The average Bonchev–Trinajstić information content (AvgIpc) is 2.64. The Morgan fingerprint density at radius 1 is 1.53 bits per heavy atom. The predicted molar refractivity (Wildman–Crippen MR) is 50.5 cm³/mol. The van der Waals surface area contributed by atoms with E-state index in [1.807, 2.05) is 0 Å². The van der Waals surface area contributed by atoms with Crippen LogP contribution in [0.4, 0.5) is 13.2 Å². The van der Waals surface area contributed by atoms with E-state index in [0.29, 0.717) is 12.1 Å². The summed E-state index contributed by atoms with van der Waals surface area (Å²) in [5.74, 6) is 0. The Labute approximate surface area is 85.5 Å². The maximum absolute atomic E-state index is 11.9. The molecule has 3 N–H and O–H groups in total. The number of nitrogens with zero attached hydrogens (tertiary/aromatic N) is 1. The smallest absolute Gasteiger partial charge is 0.386 e. The van der Waals surface area contributed by atoms with Gasteiger partial charge in [-0.15, -0.1) is 0 Å². The molecule has 3 nitrogen and oxygen atoms in total. The molecular weight excluding hydrogens is 209 g/mol. The lowest BCUT2D eigenvalue weighted by Gasteiger charge is -2.19. The summed E-state index contributed by atoms with van der Waals surface area (Å²) in [7, 11) is 0. The molecule has 1 rings (SSSR count). The highest BCUT2D eigenvalue weighted by atomic mass is 19.4. The van der Waals surface area contributed by atoms with E-state index in [2.05, 4.69) is 4.99 Å². The van der Waals surface area contributed by atoms with Crippen molar-refractivity contribution in [1.29, 1.82) is 0 Å². The summed E-state index contributed by atoms with van der Waals surface area (Å²) in [4.78, 5) is 3.83. The molecule has 0 aromatic heterocycles. The summed E-state index contributed by atoms with van der Waals surface area (Å²) in [5.41, 5.74) is 5.88. The number of hydrogen-bond acceptors (Lipinski definition) is 3. The first-order valence-corrected chi connectivity index (χ1v) is 4.62. The van der Waals surface area contributed by atoms with Crippen LogP contribution >= 0.6 is 0 Å². The third-order valence-corrected chi connectivity index (χ3v) is 2.18. The second-order valence-corrected chi connectivity index (χ2v) is 3.47. The van der Waals surface area contributed by atoms with Crippen LogP contribution < -0.4 is 5.73 Å². The molecule has 0 radical (unpaired) electrons. The Morgan fingerprint density at radius 2 is 2.20 bits per heavy atom. The molecule has 0 aliphatic carbocycles. The van der Waals surface area contributed by atoms with E-state index in [9.17, 15) is 18.3 Å². The first-order valence-electron chi connectivity index (χ1n) is 4.62. The zero-order valence-corrected chi connectivity index (χ0v) is 8.04. The minimum atomic E-state index is -4.23. The minimum absolute atomic E-state index is 0.288. The van der Waals surface area contributed by atoms with Crippen LogP contribution in [-0.4, -0.2) is 29.1 Å². The molecule has 2 unspecified atom stereocenters. The third kappa shape index (κ3) is 4.01. The topological polar surface area (TPSA) is 58.6 Å². The van der Waals surface area contributed by atoms with Gasteiger partial charge in [0.2, 0.25) is 0 Å². The van der Waals surface area contributed by atoms with Gasteiger partial charge in [-0.3, -0.25) is 4.99 Å². The number of hydrogen-bond donors (Lipinski definition) is 2. The fraction of sp³-hybridized carbons (Fsp3) is 0.667. The molecular formula is C9H13F3N2O. The molecule has 6 heteroatoms. The SMILES string of the molecule is NC(CCC(F)(F)F)C(O)C1=NC=CC1. The Bertz CT molecular complexity index is 273. The van der Waals surface area contributed by atoms with Gasteiger partial charge in [-0.1, -0.05) is 6.08 Å². The first-order chi connectivity index (χ1) is 6.90. The van der Waals surface area contributed by atoms with E-state index in [4.69, 9.17) is 5.73 Å². The number of aliphatic hydroxyl groups excluding tert-OH is 1. The normalized spacial score (nSPS) is 20.2. The van der Waals surface area contributed by atoms with Crippen LogP contribution in [0.2, 0.25) is 0 Å². The van der Waals surface area contributed by atoms with Gasteiger partial charge in [0.25, 0.3) is 0 Å². The van der Waals surface area contributed by atoms with Crippen molar-refractivity contribution in [2.75, 3.05) is 0 Å². The van der Waals surface area contributed by atoms with Crippen LogP contribution in [0.25, 0.3) is 0 Å². The lowest BCUT2D eigenvalue weighted by Crippen LogP contribution is -2.40. The standard InChI is InChI=1S/C9H13F3N2O/c10-9(11,12)4-3-6(13)8(15)7-2-1-5-14-7/h1,5-6,8,15H,2-4,13H2. The first kappa shape index (κ1) is 12.2. The summed E-state index contributed by atoms with van der Waals surface area (Å²) in [5, 5.41) is 9.55. The van der Waals surface area contributed by atoms with Gasteiger partial charge in [0, 0.05) is 25.1 Å². The molecule has 0 amide bonds. The van der Waals surface area contributed by atoms with Crippen molar-refractivity contribution in [3.63, 3.8) is 0 Å². The van der Waals surface area contributed by atoms with E-state index in [-0.39, 0.29) is 6.42 Å². The van der Waals surface area contributed by atoms with Crippen LogP contribution in [0, 0.1) is 0 Å². The lowest BCUT2D eigenvalue weighted by molar-refractivity contribution is -0.136. The fourth-order valence-electron chi connectivity index (χ4n) is 1.31. The van der Waals surface area contributed by atoms with Crippen LogP contribution in [0.3, 0.4) is 0 Å². The van der Waals surface area contributed by atoms with Crippen molar-refractivity contribution in [3.05, 3.63) is 12.3 Å². The molecule has 0 fully saturated rings. The number of aliphatic hydroxyl groups is 1.